The van der Waals surface area contributed by atoms with E-state index in [0.717, 1.165) is 49.7 Å². The summed E-state index contributed by atoms with van der Waals surface area (Å²) in [6.45, 7) is 5.39. The molecule has 1 N–H and O–H groups in total. The van der Waals surface area contributed by atoms with Crippen LogP contribution in [0.25, 0.3) is 0 Å². The number of benzene rings is 1. The number of rotatable bonds is 5. The summed E-state index contributed by atoms with van der Waals surface area (Å²) in [5, 5.41) is 3.89. The second-order valence-corrected chi connectivity index (χ2v) is 6.66. The smallest absolute Gasteiger partial charge is 0.194 e. The van der Waals surface area contributed by atoms with Crippen molar-refractivity contribution in [1.29, 1.82) is 0 Å². The number of nitrogens with zero attached hydrogens (tertiary/aromatic N) is 3. The molecule has 3 rings (SSSR count). The topological polar surface area (TPSA) is 49.8 Å². The molecule has 1 aromatic heterocycles. The lowest BCUT2D eigenvalue weighted by atomic mass is 10.1. The van der Waals surface area contributed by atoms with Gasteiger partial charge in [-0.1, -0.05) is 35.9 Å². The fraction of sp³-hybridized carbons (Fsp3) is 0.400. The van der Waals surface area contributed by atoms with E-state index in [0.29, 0.717) is 11.7 Å². The van der Waals surface area contributed by atoms with Crippen LogP contribution in [-0.2, 0) is 6.54 Å². The number of aromatic nitrogens is 1. The van der Waals surface area contributed by atoms with E-state index in [1.807, 2.05) is 36.4 Å². The van der Waals surface area contributed by atoms with Gasteiger partial charge >= 0.3 is 0 Å². The molecule has 0 spiro atoms. The van der Waals surface area contributed by atoms with Crippen LogP contribution < -0.4 is 10.1 Å². The van der Waals surface area contributed by atoms with Gasteiger partial charge in [0, 0.05) is 38.7 Å². The van der Waals surface area contributed by atoms with Gasteiger partial charge < -0.3 is 15.0 Å². The minimum atomic E-state index is 0. The highest BCUT2D eigenvalue weighted by atomic mass is 127. The Hall–Kier alpha value is -1.54. The predicted octanol–water partition coefficient (Wildman–Crippen LogP) is 4.36. The third-order valence-electron chi connectivity index (χ3n) is 4.32. The fourth-order valence-corrected chi connectivity index (χ4v) is 3.08. The monoisotopic (exact) mass is 500 g/mol. The first-order valence-corrected chi connectivity index (χ1v) is 9.48. The second-order valence-electron chi connectivity index (χ2n) is 6.28. The average molecular weight is 501 g/mol. The molecule has 0 radical (unpaired) electrons. The summed E-state index contributed by atoms with van der Waals surface area (Å²) in [5.41, 5.74) is 1.05. The molecule has 2 aromatic rings. The van der Waals surface area contributed by atoms with Gasteiger partial charge in [-0.05, 0) is 30.7 Å². The molecule has 2 heterocycles. The van der Waals surface area contributed by atoms with Crippen molar-refractivity contribution in [1.82, 2.24) is 15.2 Å². The molecule has 0 atom stereocenters. The lowest BCUT2D eigenvalue weighted by Crippen LogP contribution is -2.47. The van der Waals surface area contributed by atoms with Crippen LogP contribution in [0.15, 0.2) is 53.7 Å². The van der Waals surface area contributed by atoms with E-state index in [1.165, 1.54) is 0 Å². The molecule has 0 bridgehead atoms. The van der Waals surface area contributed by atoms with Gasteiger partial charge in [0.1, 0.15) is 17.0 Å². The van der Waals surface area contributed by atoms with Crippen LogP contribution in [0.5, 0.6) is 5.75 Å². The quantitative estimate of drug-likeness (QED) is 0.287. The molecule has 7 heteroatoms. The number of ether oxygens (including phenoxy) is 1. The summed E-state index contributed by atoms with van der Waals surface area (Å²) in [4.78, 5) is 11.2. The summed E-state index contributed by atoms with van der Waals surface area (Å²) in [5.74, 6) is 1.89. The standard InChI is InChI=1S/C20H25ClN4O.HI/c1-2-22-20(24-15-16-8-9-19(21)23-14-16)25-12-10-18(11-13-25)26-17-6-4-3-5-7-17;/h3-9,14,18H,2,10-13,15H2,1H3,(H,22,24);1H. The number of likely N-dealkylation sites (tertiary alicyclic amines) is 1. The Bertz CT molecular complexity index is 704. The molecular weight excluding hydrogens is 475 g/mol. The summed E-state index contributed by atoms with van der Waals surface area (Å²) >= 11 is 5.84. The maximum Gasteiger partial charge on any atom is 0.194 e. The molecule has 0 unspecified atom stereocenters. The number of hydrogen-bond donors (Lipinski definition) is 1. The number of hydrogen-bond acceptors (Lipinski definition) is 3. The molecule has 146 valence electrons. The fourth-order valence-electron chi connectivity index (χ4n) is 2.97. The molecule has 1 aliphatic rings. The first-order chi connectivity index (χ1) is 12.7. The van der Waals surface area contributed by atoms with Gasteiger partial charge in [0.15, 0.2) is 5.96 Å². The highest BCUT2D eigenvalue weighted by molar-refractivity contribution is 14.0. The van der Waals surface area contributed by atoms with Gasteiger partial charge in [0.05, 0.1) is 6.54 Å². The van der Waals surface area contributed by atoms with Crippen LogP contribution >= 0.6 is 35.6 Å². The van der Waals surface area contributed by atoms with Gasteiger partial charge in [-0.3, -0.25) is 0 Å². The summed E-state index contributed by atoms with van der Waals surface area (Å²) in [6, 6.07) is 13.8. The molecule has 1 aliphatic heterocycles. The number of nitrogens with one attached hydrogen (secondary N) is 1. The third-order valence-corrected chi connectivity index (χ3v) is 4.55. The van der Waals surface area contributed by atoms with E-state index < -0.39 is 0 Å². The predicted molar refractivity (Wildman–Crippen MR) is 121 cm³/mol. The Morgan fingerprint density at radius 2 is 1.96 bits per heavy atom. The van der Waals surface area contributed by atoms with Crippen molar-refractivity contribution in [3.05, 3.63) is 59.4 Å². The number of piperidine rings is 1. The van der Waals surface area contributed by atoms with Crippen molar-refractivity contribution in [2.75, 3.05) is 19.6 Å². The summed E-state index contributed by atoms with van der Waals surface area (Å²) < 4.78 is 6.08. The van der Waals surface area contributed by atoms with E-state index in [9.17, 15) is 0 Å². The highest BCUT2D eigenvalue weighted by Gasteiger charge is 2.22. The molecule has 1 aromatic carbocycles. The molecule has 0 saturated carbocycles. The van der Waals surface area contributed by atoms with Crippen LogP contribution in [0.2, 0.25) is 5.15 Å². The van der Waals surface area contributed by atoms with Crippen molar-refractivity contribution in [2.24, 2.45) is 4.99 Å². The van der Waals surface area contributed by atoms with Gasteiger partial charge in [0.2, 0.25) is 0 Å². The van der Waals surface area contributed by atoms with E-state index in [1.54, 1.807) is 12.3 Å². The van der Waals surface area contributed by atoms with E-state index in [4.69, 9.17) is 21.3 Å². The lowest BCUT2D eigenvalue weighted by molar-refractivity contribution is 0.129. The number of pyridine rings is 1. The molecule has 5 nitrogen and oxygen atoms in total. The molecule has 0 aliphatic carbocycles. The van der Waals surface area contributed by atoms with Crippen LogP contribution in [0.3, 0.4) is 0 Å². The molecule has 0 amide bonds. The van der Waals surface area contributed by atoms with Crippen molar-refractivity contribution in [3.8, 4) is 5.75 Å². The highest BCUT2D eigenvalue weighted by Crippen LogP contribution is 2.19. The van der Waals surface area contributed by atoms with E-state index >= 15 is 0 Å². The lowest BCUT2D eigenvalue weighted by Gasteiger charge is -2.34. The normalized spacial score (nSPS) is 15.2. The number of halogens is 2. The Morgan fingerprint density at radius 3 is 2.59 bits per heavy atom. The van der Waals surface area contributed by atoms with Crippen molar-refractivity contribution in [2.45, 2.75) is 32.4 Å². The van der Waals surface area contributed by atoms with Crippen LogP contribution in [0.4, 0.5) is 0 Å². The van der Waals surface area contributed by atoms with Crippen LogP contribution in [0.1, 0.15) is 25.3 Å². The third kappa shape index (κ3) is 6.84. The Labute approximate surface area is 183 Å². The number of para-hydroxylation sites is 1. The zero-order valence-corrected chi connectivity index (χ0v) is 18.6. The van der Waals surface area contributed by atoms with Gasteiger partial charge in [0.25, 0.3) is 0 Å². The summed E-state index contributed by atoms with van der Waals surface area (Å²) in [6.07, 6.45) is 4.01. The van der Waals surface area contributed by atoms with E-state index in [2.05, 4.69) is 22.1 Å². The van der Waals surface area contributed by atoms with Crippen LogP contribution in [-0.4, -0.2) is 41.6 Å². The number of guanidine groups is 1. The zero-order valence-electron chi connectivity index (χ0n) is 15.5. The maximum atomic E-state index is 6.08. The van der Waals surface area contributed by atoms with Crippen molar-refractivity contribution >= 4 is 41.5 Å². The Morgan fingerprint density at radius 1 is 1.22 bits per heavy atom. The second kappa shape index (κ2) is 11.3. The average Bonchev–Trinajstić information content (AvgIpc) is 2.68. The Balaban J connectivity index is 0.00000261. The van der Waals surface area contributed by atoms with E-state index in [-0.39, 0.29) is 30.1 Å². The van der Waals surface area contributed by atoms with Gasteiger partial charge in [-0.15, -0.1) is 24.0 Å². The molecule has 1 saturated heterocycles. The first kappa shape index (κ1) is 21.8. The van der Waals surface area contributed by atoms with Crippen LogP contribution in [0, 0.1) is 0 Å². The zero-order chi connectivity index (χ0) is 18.2. The van der Waals surface area contributed by atoms with Crippen molar-refractivity contribution < 1.29 is 4.74 Å². The summed E-state index contributed by atoms with van der Waals surface area (Å²) in [7, 11) is 0. The van der Waals surface area contributed by atoms with Gasteiger partial charge in [-0.2, -0.15) is 0 Å². The molecule has 27 heavy (non-hydrogen) atoms. The van der Waals surface area contributed by atoms with Crippen molar-refractivity contribution in [3.63, 3.8) is 0 Å². The largest absolute Gasteiger partial charge is 0.490 e. The Kier molecular flexibility index (Phi) is 9.14. The number of aliphatic imine (C=N–C) groups is 1. The molecular formula is C20H26ClIN4O. The maximum absolute atomic E-state index is 6.08. The first-order valence-electron chi connectivity index (χ1n) is 9.10. The minimum Gasteiger partial charge on any atom is -0.490 e. The molecule has 1 fully saturated rings. The van der Waals surface area contributed by atoms with Gasteiger partial charge in [-0.25, -0.2) is 9.98 Å². The minimum absolute atomic E-state index is 0. The SMILES string of the molecule is CCNC(=NCc1ccc(Cl)nc1)N1CCC(Oc2ccccc2)CC1.I.